The number of nitrogens with one attached hydrogen (secondary N) is 1. The van der Waals surface area contributed by atoms with Crippen LogP contribution in [0.5, 0.6) is 0 Å². The van der Waals surface area contributed by atoms with E-state index in [9.17, 15) is 4.79 Å². The number of para-hydroxylation sites is 1. The lowest BCUT2D eigenvalue weighted by molar-refractivity contribution is -0.119. The van der Waals surface area contributed by atoms with Crippen molar-refractivity contribution in [2.45, 2.75) is 26.2 Å². The van der Waals surface area contributed by atoms with E-state index in [-0.39, 0.29) is 5.91 Å². The Balaban J connectivity index is 2.58. The Morgan fingerprint density at radius 2 is 2.05 bits per heavy atom. The smallest absolute Gasteiger partial charge is 0.239 e. The third kappa shape index (κ3) is 6.52. The van der Waals surface area contributed by atoms with Crippen molar-refractivity contribution in [2.24, 2.45) is 5.73 Å². The Hall–Kier alpha value is -1.62. The summed E-state index contributed by atoms with van der Waals surface area (Å²) in [5.74, 6) is 0.0326. The van der Waals surface area contributed by atoms with Crippen LogP contribution in [0, 0.1) is 0 Å². The lowest BCUT2D eigenvalue weighted by atomic mass is 10.2. The molecule has 0 saturated heterocycles. The molecule has 1 aromatic carbocycles. The third-order valence-electron chi connectivity index (χ3n) is 2.94. The Labute approximate surface area is 126 Å². The van der Waals surface area contributed by atoms with Gasteiger partial charge in [-0.1, -0.05) is 43.8 Å². The average molecular weight is 293 g/mol. The summed E-state index contributed by atoms with van der Waals surface area (Å²) < 4.78 is 0. The molecule has 4 nitrogen and oxygen atoms in total. The highest BCUT2D eigenvalue weighted by Gasteiger charge is 2.11. The first-order valence-corrected chi connectivity index (χ1v) is 7.39. The molecule has 20 heavy (non-hydrogen) atoms. The van der Waals surface area contributed by atoms with Crippen LogP contribution in [0.3, 0.4) is 0 Å². The standard InChI is InChI=1S/C15H23N3OS/c1-2-3-10-17-15(19)12-18(11-9-14(16)20)13-7-5-4-6-8-13/h4-8H,2-3,9-12H2,1H3,(H2,16,20)(H,17,19). The van der Waals surface area contributed by atoms with Gasteiger partial charge in [-0.25, -0.2) is 0 Å². The minimum absolute atomic E-state index is 0.0326. The lowest BCUT2D eigenvalue weighted by Gasteiger charge is -2.24. The molecule has 0 aliphatic rings. The van der Waals surface area contributed by atoms with E-state index in [1.807, 2.05) is 35.2 Å². The number of unbranched alkanes of at least 4 members (excludes halogenated alkanes) is 1. The number of amides is 1. The molecule has 0 atom stereocenters. The second-order valence-electron chi connectivity index (χ2n) is 4.68. The molecule has 0 radical (unpaired) electrons. The van der Waals surface area contributed by atoms with Crippen LogP contribution in [-0.2, 0) is 4.79 Å². The summed E-state index contributed by atoms with van der Waals surface area (Å²) in [6.45, 7) is 3.81. The number of benzene rings is 1. The SMILES string of the molecule is CCCCNC(=O)CN(CCC(N)=S)c1ccccc1. The zero-order chi connectivity index (χ0) is 14.8. The van der Waals surface area contributed by atoms with Crippen molar-refractivity contribution in [3.63, 3.8) is 0 Å². The molecule has 1 rings (SSSR count). The molecule has 1 amide bonds. The third-order valence-corrected chi connectivity index (χ3v) is 3.14. The molecule has 0 spiro atoms. The highest BCUT2D eigenvalue weighted by molar-refractivity contribution is 7.80. The Kier molecular flexibility index (Phi) is 7.65. The van der Waals surface area contributed by atoms with Crippen LogP contribution in [0.1, 0.15) is 26.2 Å². The summed E-state index contributed by atoms with van der Waals surface area (Å²) >= 11 is 4.91. The zero-order valence-corrected chi connectivity index (χ0v) is 12.8. The van der Waals surface area contributed by atoms with Gasteiger partial charge in [0.2, 0.25) is 5.91 Å². The van der Waals surface area contributed by atoms with E-state index in [1.165, 1.54) is 0 Å². The second kappa shape index (κ2) is 9.31. The molecule has 110 valence electrons. The zero-order valence-electron chi connectivity index (χ0n) is 12.0. The molecule has 0 fully saturated rings. The van der Waals surface area contributed by atoms with Crippen LogP contribution in [0.25, 0.3) is 0 Å². The molecule has 0 aliphatic heterocycles. The monoisotopic (exact) mass is 293 g/mol. The first-order valence-electron chi connectivity index (χ1n) is 6.98. The van der Waals surface area contributed by atoms with Gasteiger partial charge in [0.1, 0.15) is 0 Å². The van der Waals surface area contributed by atoms with Gasteiger partial charge < -0.3 is 16.0 Å². The largest absolute Gasteiger partial charge is 0.393 e. The maximum absolute atomic E-state index is 11.9. The molecule has 0 aromatic heterocycles. The predicted octanol–water partition coefficient (Wildman–Crippen LogP) is 2.09. The van der Waals surface area contributed by atoms with Crippen LogP contribution < -0.4 is 16.0 Å². The number of anilines is 1. The van der Waals surface area contributed by atoms with Gasteiger partial charge in [0, 0.05) is 25.2 Å². The van der Waals surface area contributed by atoms with Crippen molar-refractivity contribution >= 4 is 28.8 Å². The summed E-state index contributed by atoms with van der Waals surface area (Å²) in [5, 5.41) is 2.93. The topological polar surface area (TPSA) is 58.4 Å². The first kappa shape index (κ1) is 16.4. The summed E-state index contributed by atoms with van der Waals surface area (Å²) in [4.78, 5) is 14.4. The molecular weight excluding hydrogens is 270 g/mol. The van der Waals surface area contributed by atoms with E-state index in [2.05, 4.69) is 12.2 Å². The molecule has 0 saturated carbocycles. The van der Waals surface area contributed by atoms with E-state index in [0.717, 1.165) is 25.1 Å². The van der Waals surface area contributed by atoms with Crippen LogP contribution in [0.4, 0.5) is 5.69 Å². The number of thiocarbonyl (C=S) groups is 1. The van der Waals surface area contributed by atoms with E-state index in [4.69, 9.17) is 18.0 Å². The number of hydrogen-bond donors (Lipinski definition) is 2. The Morgan fingerprint density at radius 1 is 1.35 bits per heavy atom. The molecule has 0 bridgehead atoms. The molecule has 0 unspecified atom stereocenters. The fraction of sp³-hybridized carbons (Fsp3) is 0.467. The fourth-order valence-electron chi connectivity index (χ4n) is 1.82. The number of hydrogen-bond acceptors (Lipinski definition) is 3. The van der Waals surface area contributed by atoms with Crippen molar-refractivity contribution in [1.82, 2.24) is 5.32 Å². The summed E-state index contributed by atoms with van der Waals surface area (Å²) in [5.41, 5.74) is 6.56. The Morgan fingerprint density at radius 3 is 2.65 bits per heavy atom. The number of carbonyl (C=O) groups is 1. The summed E-state index contributed by atoms with van der Waals surface area (Å²) in [6.07, 6.45) is 2.68. The minimum Gasteiger partial charge on any atom is -0.393 e. The van der Waals surface area contributed by atoms with Gasteiger partial charge in [-0.15, -0.1) is 0 Å². The maximum Gasteiger partial charge on any atom is 0.239 e. The highest BCUT2D eigenvalue weighted by atomic mass is 32.1. The molecular formula is C15H23N3OS. The molecule has 0 aliphatic carbocycles. The van der Waals surface area contributed by atoms with Crippen molar-refractivity contribution < 1.29 is 4.79 Å². The van der Waals surface area contributed by atoms with Crippen LogP contribution in [0.2, 0.25) is 0 Å². The normalized spacial score (nSPS) is 10.1. The van der Waals surface area contributed by atoms with Gasteiger partial charge in [0.15, 0.2) is 0 Å². The van der Waals surface area contributed by atoms with Gasteiger partial charge in [0.05, 0.1) is 11.5 Å². The fourth-order valence-corrected chi connectivity index (χ4v) is 1.91. The molecule has 5 heteroatoms. The van der Waals surface area contributed by atoms with Gasteiger partial charge >= 0.3 is 0 Å². The van der Waals surface area contributed by atoms with Crippen LogP contribution in [0.15, 0.2) is 30.3 Å². The molecule has 3 N–H and O–H groups in total. The number of nitrogens with two attached hydrogens (primary N) is 1. The maximum atomic E-state index is 11.9. The van der Waals surface area contributed by atoms with Gasteiger partial charge in [-0.05, 0) is 18.6 Å². The van der Waals surface area contributed by atoms with Crippen molar-refractivity contribution in [3.8, 4) is 0 Å². The van der Waals surface area contributed by atoms with Crippen LogP contribution >= 0.6 is 12.2 Å². The first-order chi connectivity index (χ1) is 9.63. The number of rotatable bonds is 9. The summed E-state index contributed by atoms with van der Waals surface area (Å²) in [7, 11) is 0. The Bertz CT molecular complexity index is 422. The van der Waals surface area contributed by atoms with E-state index in [1.54, 1.807) is 0 Å². The molecule has 1 aromatic rings. The van der Waals surface area contributed by atoms with Gasteiger partial charge in [-0.2, -0.15) is 0 Å². The van der Waals surface area contributed by atoms with E-state index in [0.29, 0.717) is 24.5 Å². The van der Waals surface area contributed by atoms with Gasteiger partial charge in [-0.3, -0.25) is 4.79 Å². The average Bonchev–Trinajstić information content (AvgIpc) is 2.44. The quantitative estimate of drug-likeness (QED) is 0.541. The summed E-state index contributed by atoms with van der Waals surface area (Å²) in [6, 6.07) is 9.84. The van der Waals surface area contributed by atoms with Crippen LogP contribution in [-0.4, -0.2) is 30.5 Å². The number of carbonyl (C=O) groups excluding carboxylic acids is 1. The lowest BCUT2D eigenvalue weighted by Crippen LogP contribution is -2.39. The van der Waals surface area contributed by atoms with E-state index >= 15 is 0 Å². The van der Waals surface area contributed by atoms with Gasteiger partial charge in [0.25, 0.3) is 0 Å². The molecule has 0 heterocycles. The number of nitrogens with zero attached hydrogens (tertiary/aromatic N) is 1. The predicted molar refractivity (Wildman–Crippen MR) is 88.0 cm³/mol. The van der Waals surface area contributed by atoms with E-state index < -0.39 is 0 Å². The minimum atomic E-state index is 0.0326. The van der Waals surface area contributed by atoms with Crippen molar-refractivity contribution in [2.75, 3.05) is 24.5 Å². The van der Waals surface area contributed by atoms with Crippen molar-refractivity contribution in [3.05, 3.63) is 30.3 Å². The second-order valence-corrected chi connectivity index (χ2v) is 5.20. The van der Waals surface area contributed by atoms with Crippen molar-refractivity contribution in [1.29, 1.82) is 0 Å². The highest BCUT2D eigenvalue weighted by Crippen LogP contribution is 2.13.